The van der Waals surface area contributed by atoms with Crippen LogP contribution in [0.2, 0.25) is 0 Å². The number of benzene rings is 1. The van der Waals surface area contributed by atoms with Gasteiger partial charge < -0.3 is 24.6 Å². The van der Waals surface area contributed by atoms with Crippen LogP contribution in [-0.2, 0) is 19.1 Å². The van der Waals surface area contributed by atoms with Crippen molar-refractivity contribution in [3.05, 3.63) is 24.3 Å². The minimum Gasteiger partial charge on any atom is -0.479 e. The van der Waals surface area contributed by atoms with Crippen molar-refractivity contribution in [2.75, 3.05) is 37.7 Å². The van der Waals surface area contributed by atoms with Gasteiger partial charge in [0.2, 0.25) is 11.8 Å². The van der Waals surface area contributed by atoms with Crippen LogP contribution >= 0.6 is 0 Å². The lowest BCUT2D eigenvalue weighted by atomic mass is 10.1. The first-order chi connectivity index (χ1) is 13.0. The number of carbonyl (C=O) groups excluding carboxylic acids is 3. The van der Waals surface area contributed by atoms with Crippen LogP contribution < -0.4 is 15.0 Å². The van der Waals surface area contributed by atoms with E-state index in [4.69, 9.17) is 9.47 Å². The highest BCUT2D eigenvalue weighted by molar-refractivity contribution is 6.00. The monoisotopic (exact) mass is 375 g/mol. The maximum absolute atomic E-state index is 12.4. The molecule has 0 aliphatic carbocycles. The molecule has 146 valence electrons. The molecule has 1 N–H and O–H groups in total. The maximum Gasteiger partial charge on any atom is 0.267 e. The Labute approximate surface area is 158 Å². The van der Waals surface area contributed by atoms with Gasteiger partial charge in [-0.15, -0.1) is 0 Å². The van der Waals surface area contributed by atoms with Gasteiger partial charge in [0.1, 0.15) is 11.8 Å². The summed E-state index contributed by atoms with van der Waals surface area (Å²) >= 11 is 0. The van der Waals surface area contributed by atoms with Gasteiger partial charge in [-0.25, -0.2) is 0 Å². The fourth-order valence-corrected chi connectivity index (χ4v) is 3.24. The summed E-state index contributed by atoms with van der Waals surface area (Å²) in [7, 11) is 0. The Hall–Kier alpha value is -2.61. The van der Waals surface area contributed by atoms with Crippen molar-refractivity contribution in [2.24, 2.45) is 0 Å². The van der Waals surface area contributed by atoms with Crippen LogP contribution in [0.25, 0.3) is 0 Å². The van der Waals surface area contributed by atoms with Crippen LogP contribution in [0.15, 0.2) is 24.3 Å². The second kappa shape index (κ2) is 8.39. The number of nitrogens with one attached hydrogen (secondary N) is 1. The lowest BCUT2D eigenvalue weighted by Gasteiger charge is -2.33. The van der Waals surface area contributed by atoms with Gasteiger partial charge in [-0.2, -0.15) is 0 Å². The summed E-state index contributed by atoms with van der Waals surface area (Å²) in [6, 6.07) is 6.64. The summed E-state index contributed by atoms with van der Waals surface area (Å²) in [5, 5.41) is 2.73. The molecular weight excluding hydrogens is 350 g/mol. The SMILES string of the molecule is CC(NC(=O)CCN1C(=O)C(C)Oc2ccccc21)C(=O)N1CCOCC1. The van der Waals surface area contributed by atoms with Crippen LogP contribution in [0.1, 0.15) is 20.3 Å². The van der Waals surface area contributed by atoms with Crippen LogP contribution in [-0.4, -0.2) is 67.6 Å². The van der Waals surface area contributed by atoms with Gasteiger partial charge in [0.05, 0.1) is 18.9 Å². The summed E-state index contributed by atoms with van der Waals surface area (Å²) < 4.78 is 10.8. The molecule has 2 heterocycles. The van der Waals surface area contributed by atoms with E-state index in [0.29, 0.717) is 37.7 Å². The minimum atomic E-state index is -0.609. The van der Waals surface area contributed by atoms with Crippen LogP contribution in [0.5, 0.6) is 5.75 Å². The molecule has 0 aromatic heterocycles. The molecule has 0 bridgehead atoms. The van der Waals surface area contributed by atoms with E-state index in [1.807, 2.05) is 12.1 Å². The molecule has 1 saturated heterocycles. The van der Waals surface area contributed by atoms with Crippen molar-refractivity contribution in [1.82, 2.24) is 10.2 Å². The number of amides is 3. The molecular formula is C19H25N3O5. The highest BCUT2D eigenvalue weighted by Crippen LogP contribution is 2.33. The van der Waals surface area contributed by atoms with E-state index >= 15 is 0 Å². The van der Waals surface area contributed by atoms with Gasteiger partial charge >= 0.3 is 0 Å². The van der Waals surface area contributed by atoms with Crippen molar-refractivity contribution in [3.63, 3.8) is 0 Å². The predicted octanol–water partition coefficient (Wildman–Crippen LogP) is 0.554. The number of nitrogens with zero attached hydrogens (tertiary/aromatic N) is 2. The third-order valence-corrected chi connectivity index (χ3v) is 4.71. The van der Waals surface area contributed by atoms with Crippen LogP contribution in [0.3, 0.4) is 0 Å². The molecule has 2 aliphatic heterocycles. The summed E-state index contributed by atoms with van der Waals surface area (Å²) in [5.41, 5.74) is 0.658. The Balaban J connectivity index is 1.55. The Kier molecular flexibility index (Phi) is 5.95. The smallest absolute Gasteiger partial charge is 0.267 e. The Morgan fingerprint density at radius 3 is 2.70 bits per heavy atom. The fourth-order valence-electron chi connectivity index (χ4n) is 3.24. The number of fused-ring (bicyclic) bond motifs is 1. The van der Waals surface area contributed by atoms with E-state index in [-0.39, 0.29) is 30.7 Å². The van der Waals surface area contributed by atoms with Crippen LogP contribution in [0.4, 0.5) is 5.69 Å². The maximum atomic E-state index is 12.4. The zero-order valence-electron chi connectivity index (χ0n) is 15.6. The highest BCUT2D eigenvalue weighted by atomic mass is 16.5. The summed E-state index contributed by atoms with van der Waals surface area (Å²) in [6.07, 6.45) is -0.488. The van der Waals surface area contributed by atoms with Gasteiger partial charge in [-0.05, 0) is 26.0 Å². The average Bonchev–Trinajstić information content (AvgIpc) is 2.68. The average molecular weight is 375 g/mol. The van der Waals surface area contributed by atoms with E-state index in [1.54, 1.807) is 35.8 Å². The van der Waals surface area contributed by atoms with E-state index in [9.17, 15) is 14.4 Å². The standard InChI is InChI=1S/C19H25N3O5/c1-13(18(24)21-9-11-26-12-10-21)20-17(23)7-8-22-15-5-3-4-6-16(15)27-14(2)19(22)25/h3-6,13-14H,7-12H2,1-2H3,(H,20,23). The van der Waals surface area contributed by atoms with E-state index in [2.05, 4.69) is 5.32 Å². The molecule has 3 amide bonds. The molecule has 3 rings (SSSR count). The van der Waals surface area contributed by atoms with Crippen molar-refractivity contribution >= 4 is 23.4 Å². The molecule has 8 heteroatoms. The third-order valence-electron chi connectivity index (χ3n) is 4.71. The van der Waals surface area contributed by atoms with Gasteiger partial charge in [0.25, 0.3) is 5.91 Å². The molecule has 0 radical (unpaired) electrons. The van der Waals surface area contributed by atoms with E-state index < -0.39 is 12.1 Å². The Morgan fingerprint density at radius 1 is 1.26 bits per heavy atom. The predicted molar refractivity (Wildman–Crippen MR) is 98.5 cm³/mol. The molecule has 2 unspecified atom stereocenters. The summed E-state index contributed by atoms with van der Waals surface area (Å²) in [5.74, 6) is 0.0569. The number of morpholine rings is 1. The Bertz CT molecular complexity index is 717. The zero-order valence-corrected chi connectivity index (χ0v) is 15.6. The molecule has 2 atom stereocenters. The van der Waals surface area contributed by atoms with Crippen molar-refractivity contribution in [1.29, 1.82) is 0 Å². The molecule has 0 spiro atoms. The molecule has 1 fully saturated rings. The van der Waals surface area contributed by atoms with E-state index in [1.165, 1.54) is 0 Å². The topological polar surface area (TPSA) is 88.2 Å². The lowest BCUT2D eigenvalue weighted by molar-refractivity contribution is -0.139. The number of rotatable bonds is 5. The quantitative estimate of drug-likeness (QED) is 0.812. The van der Waals surface area contributed by atoms with Gasteiger partial charge in [0.15, 0.2) is 6.10 Å². The number of hydrogen-bond acceptors (Lipinski definition) is 5. The summed E-state index contributed by atoms with van der Waals surface area (Å²) in [4.78, 5) is 40.4. The normalized spacial score (nSPS) is 20.5. The molecule has 2 aliphatic rings. The second-order valence-corrected chi connectivity index (χ2v) is 6.69. The van der Waals surface area contributed by atoms with Gasteiger partial charge in [-0.1, -0.05) is 12.1 Å². The molecule has 8 nitrogen and oxygen atoms in total. The fraction of sp³-hybridized carbons (Fsp3) is 0.526. The number of para-hydroxylation sites is 2. The van der Waals surface area contributed by atoms with E-state index in [0.717, 1.165) is 0 Å². The third kappa shape index (κ3) is 4.39. The number of carbonyl (C=O) groups is 3. The number of ether oxygens (including phenoxy) is 2. The molecule has 1 aromatic rings. The van der Waals surface area contributed by atoms with Crippen molar-refractivity contribution in [2.45, 2.75) is 32.4 Å². The second-order valence-electron chi connectivity index (χ2n) is 6.69. The van der Waals surface area contributed by atoms with Crippen molar-refractivity contribution in [3.8, 4) is 5.75 Å². The highest BCUT2D eigenvalue weighted by Gasteiger charge is 2.31. The summed E-state index contributed by atoms with van der Waals surface area (Å²) in [6.45, 7) is 5.70. The van der Waals surface area contributed by atoms with Gasteiger partial charge in [-0.3, -0.25) is 14.4 Å². The first-order valence-corrected chi connectivity index (χ1v) is 9.20. The molecule has 0 saturated carbocycles. The first kappa shape index (κ1) is 19.2. The van der Waals surface area contributed by atoms with Gasteiger partial charge in [0, 0.05) is 26.1 Å². The minimum absolute atomic E-state index is 0.105. The largest absolute Gasteiger partial charge is 0.479 e. The van der Waals surface area contributed by atoms with Crippen molar-refractivity contribution < 1.29 is 23.9 Å². The Morgan fingerprint density at radius 2 is 1.96 bits per heavy atom. The number of hydrogen-bond donors (Lipinski definition) is 1. The molecule has 1 aromatic carbocycles. The van der Waals surface area contributed by atoms with Crippen LogP contribution in [0, 0.1) is 0 Å². The molecule has 27 heavy (non-hydrogen) atoms. The first-order valence-electron chi connectivity index (χ1n) is 9.20. The lowest BCUT2D eigenvalue weighted by Crippen LogP contribution is -2.51. The zero-order chi connectivity index (χ0) is 19.4. The number of anilines is 1.